The third-order valence-corrected chi connectivity index (χ3v) is 0.939. The first-order valence-corrected chi connectivity index (χ1v) is 3.06. The van der Waals surface area contributed by atoms with Crippen LogP contribution in [0.15, 0.2) is 0 Å². The lowest BCUT2D eigenvalue weighted by Gasteiger charge is -2.19. The summed E-state index contributed by atoms with van der Waals surface area (Å²) < 4.78 is 0. The number of nitrogens with one attached hydrogen (secondary N) is 2. The minimum Gasteiger partial charge on any atom is -0.236 e. The highest BCUT2D eigenvalue weighted by Crippen LogP contribution is 1.67. The first-order valence-electron chi connectivity index (χ1n) is 3.06. The third kappa shape index (κ3) is 5.72. The van der Waals surface area contributed by atoms with Crippen molar-refractivity contribution in [3.8, 4) is 0 Å². The molecule has 0 bridgehead atoms. The fourth-order valence-corrected chi connectivity index (χ4v) is 0.264. The fraction of sp³-hybridized carbons (Fsp3) is 1.00. The standard InChI is InChI=1S/C5H16N4/c1-5-9(4)7-6-8(2)3/h6-7H,5H2,1-4H3. The molecule has 56 valence electrons. The molecule has 0 amide bonds. The van der Waals surface area contributed by atoms with E-state index < -0.39 is 0 Å². The molecule has 0 aromatic rings. The van der Waals surface area contributed by atoms with E-state index in [1.54, 1.807) is 0 Å². The summed E-state index contributed by atoms with van der Waals surface area (Å²) in [5, 5.41) is 3.78. The summed E-state index contributed by atoms with van der Waals surface area (Å²) in [5.41, 5.74) is 5.85. The van der Waals surface area contributed by atoms with Crippen LogP contribution in [0.1, 0.15) is 6.92 Å². The molecule has 9 heavy (non-hydrogen) atoms. The van der Waals surface area contributed by atoms with Gasteiger partial charge in [-0.3, -0.25) is 0 Å². The summed E-state index contributed by atoms with van der Waals surface area (Å²) in [4.78, 5) is 0. The molecule has 0 atom stereocenters. The van der Waals surface area contributed by atoms with Crippen LogP contribution in [0.2, 0.25) is 0 Å². The van der Waals surface area contributed by atoms with E-state index in [2.05, 4.69) is 18.0 Å². The number of nitrogens with zero attached hydrogens (tertiary/aromatic N) is 2. The summed E-state index contributed by atoms with van der Waals surface area (Å²) in [6.07, 6.45) is 0. The van der Waals surface area contributed by atoms with Gasteiger partial charge in [-0.2, -0.15) is 11.1 Å². The molecule has 0 aliphatic heterocycles. The topological polar surface area (TPSA) is 30.5 Å². The van der Waals surface area contributed by atoms with Crippen LogP contribution in [0.25, 0.3) is 0 Å². The molecule has 0 radical (unpaired) electrons. The van der Waals surface area contributed by atoms with Gasteiger partial charge in [0, 0.05) is 27.7 Å². The maximum Gasteiger partial charge on any atom is 0.0113 e. The van der Waals surface area contributed by atoms with Crippen molar-refractivity contribution in [2.75, 3.05) is 27.7 Å². The molecule has 0 saturated carbocycles. The Hall–Kier alpha value is -0.160. The van der Waals surface area contributed by atoms with Crippen LogP contribution < -0.4 is 11.1 Å². The second-order valence-electron chi connectivity index (χ2n) is 2.13. The highest BCUT2D eigenvalue weighted by Gasteiger charge is 1.89. The SMILES string of the molecule is CCN(C)NNN(C)C. The van der Waals surface area contributed by atoms with Crippen LogP contribution >= 0.6 is 0 Å². The molecule has 0 aromatic heterocycles. The average Bonchev–Trinajstić information content (AvgIpc) is 1.83. The van der Waals surface area contributed by atoms with Crippen LogP contribution in [0.4, 0.5) is 0 Å². The minimum atomic E-state index is 0.973. The summed E-state index contributed by atoms with van der Waals surface area (Å²) in [6.45, 7) is 3.05. The Morgan fingerprint density at radius 2 is 1.67 bits per heavy atom. The summed E-state index contributed by atoms with van der Waals surface area (Å²) >= 11 is 0. The van der Waals surface area contributed by atoms with Gasteiger partial charge in [-0.15, -0.1) is 0 Å². The molecule has 0 spiro atoms. The molecule has 0 fully saturated rings. The van der Waals surface area contributed by atoms with Gasteiger partial charge in [0.05, 0.1) is 0 Å². The fourth-order valence-electron chi connectivity index (χ4n) is 0.264. The van der Waals surface area contributed by atoms with Crippen LogP contribution in [-0.2, 0) is 0 Å². The van der Waals surface area contributed by atoms with Crippen LogP contribution in [0.5, 0.6) is 0 Å². The van der Waals surface area contributed by atoms with Crippen molar-refractivity contribution in [2.24, 2.45) is 0 Å². The zero-order chi connectivity index (χ0) is 7.28. The van der Waals surface area contributed by atoms with Crippen LogP contribution in [0.3, 0.4) is 0 Å². The molecule has 0 aliphatic rings. The maximum atomic E-state index is 2.94. The lowest BCUT2D eigenvalue weighted by molar-refractivity contribution is 0.108. The summed E-state index contributed by atoms with van der Waals surface area (Å²) in [7, 11) is 5.82. The first kappa shape index (κ1) is 8.84. The Morgan fingerprint density at radius 3 is 2.00 bits per heavy atom. The molecule has 4 heteroatoms. The second kappa shape index (κ2) is 4.69. The van der Waals surface area contributed by atoms with Gasteiger partial charge in [-0.25, -0.2) is 10.0 Å². The van der Waals surface area contributed by atoms with E-state index in [0.717, 1.165) is 6.54 Å². The van der Waals surface area contributed by atoms with E-state index in [4.69, 9.17) is 0 Å². The first-order chi connectivity index (χ1) is 4.16. The zero-order valence-electron chi connectivity index (χ0n) is 6.60. The molecule has 0 rings (SSSR count). The van der Waals surface area contributed by atoms with Crippen LogP contribution in [-0.4, -0.2) is 37.7 Å². The van der Waals surface area contributed by atoms with Gasteiger partial charge in [0.25, 0.3) is 0 Å². The summed E-state index contributed by atoms with van der Waals surface area (Å²) in [6, 6.07) is 0. The average molecular weight is 132 g/mol. The van der Waals surface area contributed by atoms with E-state index in [-0.39, 0.29) is 0 Å². The highest BCUT2D eigenvalue weighted by molar-refractivity contribution is 4.29. The van der Waals surface area contributed by atoms with Crippen molar-refractivity contribution < 1.29 is 0 Å². The van der Waals surface area contributed by atoms with Gasteiger partial charge >= 0.3 is 0 Å². The van der Waals surface area contributed by atoms with Gasteiger partial charge in [-0.05, 0) is 0 Å². The van der Waals surface area contributed by atoms with Crippen molar-refractivity contribution >= 4 is 0 Å². The molecule has 4 nitrogen and oxygen atoms in total. The predicted molar refractivity (Wildman–Crippen MR) is 38.3 cm³/mol. The number of hydrazine groups is 3. The largest absolute Gasteiger partial charge is 0.236 e. The van der Waals surface area contributed by atoms with E-state index in [1.807, 2.05) is 31.2 Å². The predicted octanol–water partition coefficient (Wildman–Crippen LogP) is -0.576. The Labute approximate surface area is 56.7 Å². The molecule has 0 aliphatic carbocycles. The monoisotopic (exact) mass is 132 g/mol. The van der Waals surface area contributed by atoms with Crippen molar-refractivity contribution in [1.82, 2.24) is 21.1 Å². The second-order valence-corrected chi connectivity index (χ2v) is 2.13. The minimum absolute atomic E-state index is 0.973. The summed E-state index contributed by atoms with van der Waals surface area (Å²) in [5.74, 6) is 0. The van der Waals surface area contributed by atoms with Crippen molar-refractivity contribution in [1.29, 1.82) is 0 Å². The molecular weight excluding hydrogens is 116 g/mol. The van der Waals surface area contributed by atoms with Gasteiger partial charge < -0.3 is 0 Å². The molecule has 0 saturated heterocycles. The van der Waals surface area contributed by atoms with E-state index in [9.17, 15) is 0 Å². The van der Waals surface area contributed by atoms with Crippen molar-refractivity contribution in [2.45, 2.75) is 6.92 Å². The van der Waals surface area contributed by atoms with Gasteiger partial charge in [0.15, 0.2) is 0 Å². The molecule has 2 N–H and O–H groups in total. The third-order valence-electron chi connectivity index (χ3n) is 0.939. The Bertz CT molecular complexity index is 64.0. The van der Waals surface area contributed by atoms with Gasteiger partial charge in [0.2, 0.25) is 0 Å². The molecule has 0 aromatic carbocycles. The molecular formula is C5H16N4. The molecule has 0 unspecified atom stereocenters. The highest BCUT2D eigenvalue weighted by atomic mass is 15.8. The molecule has 0 heterocycles. The lowest BCUT2D eigenvalue weighted by atomic mass is 10.7. The van der Waals surface area contributed by atoms with E-state index in [1.165, 1.54) is 0 Å². The zero-order valence-corrected chi connectivity index (χ0v) is 6.60. The smallest absolute Gasteiger partial charge is 0.0113 e. The normalized spacial score (nSPS) is 11.3. The van der Waals surface area contributed by atoms with E-state index in [0.29, 0.717) is 0 Å². The maximum absolute atomic E-state index is 2.94. The van der Waals surface area contributed by atoms with E-state index >= 15 is 0 Å². The Morgan fingerprint density at radius 1 is 1.11 bits per heavy atom. The van der Waals surface area contributed by atoms with Crippen molar-refractivity contribution in [3.63, 3.8) is 0 Å². The number of rotatable bonds is 4. The number of hydrogen-bond acceptors (Lipinski definition) is 4. The quantitative estimate of drug-likeness (QED) is 0.501. The Kier molecular flexibility index (Phi) is 4.61. The van der Waals surface area contributed by atoms with Crippen molar-refractivity contribution in [3.05, 3.63) is 0 Å². The van der Waals surface area contributed by atoms with Gasteiger partial charge in [0.1, 0.15) is 0 Å². The van der Waals surface area contributed by atoms with Crippen LogP contribution in [0, 0.1) is 0 Å². The number of hydrogen-bond donors (Lipinski definition) is 2. The lowest BCUT2D eigenvalue weighted by Crippen LogP contribution is -2.50. The van der Waals surface area contributed by atoms with Gasteiger partial charge in [-0.1, -0.05) is 6.92 Å². The Balaban J connectivity index is 3.06.